The maximum Gasteiger partial charge on any atom is 0.469 e. The Labute approximate surface area is 122 Å². The summed E-state index contributed by atoms with van der Waals surface area (Å²) in [4.78, 5) is 42.0. The second kappa shape index (κ2) is 6.01. The lowest BCUT2D eigenvalue weighted by Gasteiger charge is -2.16. The van der Waals surface area contributed by atoms with Crippen molar-refractivity contribution in [3.8, 4) is 0 Å². The number of halogens is 1. The molecule has 1 aromatic heterocycles. The summed E-state index contributed by atoms with van der Waals surface area (Å²) in [7, 11) is -4.69. The highest BCUT2D eigenvalue weighted by Gasteiger charge is 2.37. The number of rotatable bonds is 4. The summed E-state index contributed by atoms with van der Waals surface area (Å²) in [5.74, 6) is 0. The topological polar surface area (TPSA) is 151 Å². The van der Waals surface area contributed by atoms with Gasteiger partial charge in [-0.25, -0.2) is 9.36 Å². The van der Waals surface area contributed by atoms with Gasteiger partial charge in [0.15, 0.2) is 0 Å². The number of hydrogen-bond donors (Lipinski definition) is 4. The molecular formula is C9H12ClN2O8P. The third kappa shape index (κ3) is 4.01. The molecule has 10 nitrogen and oxygen atoms in total. The Hall–Kier alpha value is -1.00. The number of H-pyrrole nitrogens is 1. The van der Waals surface area contributed by atoms with Crippen LogP contribution in [0.5, 0.6) is 0 Å². The van der Waals surface area contributed by atoms with E-state index in [1.807, 2.05) is 4.98 Å². The molecule has 0 bridgehead atoms. The lowest BCUT2D eigenvalue weighted by atomic mass is 10.2. The first-order valence-corrected chi connectivity index (χ1v) is 7.63. The van der Waals surface area contributed by atoms with Crippen LogP contribution in [0.3, 0.4) is 0 Å². The molecular weight excluding hydrogens is 331 g/mol. The van der Waals surface area contributed by atoms with Crippen molar-refractivity contribution in [2.24, 2.45) is 0 Å². The van der Waals surface area contributed by atoms with Gasteiger partial charge >= 0.3 is 13.5 Å². The fourth-order valence-corrected chi connectivity index (χ4v) is 2.37. The lowest BCUT2D eigenvalue weighted by Crippen LogP contribution is -2.32. The third-order valence-corrected chi connectivity index (χ3v) is 3.60. The number of phosphoric acid groups is 1. The van der Waals surface area contributed by atoms with Gasteiger partial charge in [-0.3, -0.25) is 18.9 Å². The Morgan fingerprint density at radius 2 is 2.19 bits per heavy atom. The highest BCUT2D eigenvalue weighted by molar-refractivity contribution is 7.46. The van der Waals surface area contributed by atoms with Crippen molar-refractivity contribution >= 4 is 19.4 Å². The molecule has 1 aliphatic rings. The predicted octanol–water partition coefficient (Wildman–Crippen LogP) is -1.05. The van der Waals surface area contributed by atoms with E-state index in [2.05, 4.69) is 4.52 Å². The molecule has 3 atom stereocenters. The predicted molar refractivity (Wildman–Crippen MR) is 68.9 cm³/mol. The fourth-order valence-electron chi connectivity index (χ4n) is 1.88. The third-order valence-electron chi connectivity index (χ3n) is 2.85. The van der Waals surface area contributed by atoms with Crippen LogP contribution in [0.15, 0.2) is 15.8 Å². The minimum absolute atomic E-state index is 0.0303. The largest absolute Gasteiger partial charge is 0.469 e. The van der Waals surface area contributed by atoms with Crippen LogP contribution >= 0.6 is 19.4 Å². The number of ether oxygens (including phenoxy) is 1. The van der Waals surface area contributed by atoms with Gasteiger partial charge in [-0.15, -0.1) is 0 Å². The molecule has 3 unspecified atom stereocenters. The van der Waals surface area contributed by atoms with Crippen molar-refractivity contribution in [1.82, 2.24) is 9.55 Å². The first-order valence-electron chi connectivity index (χ1n) is 5.72. The van der Waals surface area contributed by atoms with Gasteiger partial charge in [-0.05, 0) is 0 Å². The first kappa shape index (κ1) is 16.4. The molecule has 2 rings (SSSR count). The van der Waals surface area contributed by atoms with Crippen LogP contribution in [0.1, 0.15) is 12.6 Å². The van der Waals surface area contributed by atoms with E-state index < -0.39 is 44.1 Å². The molecule has 118 valence electrons. The Kier molecular flexibility index (Phi) is 4.69. The average molecular weight is 343 g/mol. The summed E-state index contributed by atoms with van der Waals surface area (Å²) < 4.78 is 21.1. The smallest absolute Gasteiger partial charge is 0.390 e. The fraction of sp³-hybridized carbons (Fsp3) is 0.556. The van der Waals surface area contributed by atoms with Crippen molar-refractivity contribution < 1.29 is 28.7 Å². The summed E-state index contributed by atoms with van der Waals surface area (Å²) in [6.07, 6.45) is -2.03. The van der Waals surface area contributed by atoms with E-state index in [9.17, 15) is 19.3 Å². The van der Waals surface area contributed by atoms with Gasteiger partial charge in [0.25, 0.3) is 5.56 Å². The highest BCUT2D eigenvalue weighted by Crippen LogP contribution is 2.38. The van der Waals surface area contributed by atoms with Crippen LogP contribution in [0.25, 0.3) is 0 Å². The van der Waals surface area contributed by atoms with E-state index in [1.54, 1.807) is 0 Å². The molecule has 0 aromatic carbocycles. The summed E-state index contributed by atoms with van der Waals surface area (Å²) in [5.41, 5.74) is -1.53. The number of phosphoric ester groups is 1. The molecule has 1 aliphatic heterocycles. The van der Waals surface area contributed by atoms with E-state index in [0.29, 0.717) is 0 Å². The number of aliphatic hydroxyl groups is 1. The first-order chi connectivity index (χ1) is 9.67. The van der Waals surface area contributed by atoms with E-state index in [4.69, 9.17) is 26.1 Å². The number of aromatic amines is 1. The number of nitrogens with one attached hydrogen (secondary N) is 1. The summed E-state index contributed by atoms with van der Waals surface area (Å²) in [6.45, 7) is -0.548. The van der Waals surface area contributed by atoms with Crippen LogP contribution in [-0.2, 0) is 13.8 Å². The second-order valence-corrected chi connectivity index (χ2v) is 6.01. The Balaban J connectivity index is 2.14. The Bertz CT molecular complexity index is 681. The maximum atomic E-state index is 11.6. The van der Waals surface area contributed by atoms with Crippen molar-refractivity contribution in [3.05, 3.63) is 32.1 Å². The lowest BCUT2D eigenvalue weighted by molar-refractivity contribution is -0.0450. The molecule has 12 heteroatoms. The normalized spacial score (nSPS) is 26.2. The molecule has 1 aromatic rings. The van der Waals surface area contributed by atoms with Gasteiger partial charge in [0.2, 0.25) is 0 Å². The van der Waals surface area contributed by atoms with E-state index in [1.165, 1.54) is 0 Å². The number of hydrogen-bond acceptors (Lipinski definition) is 6. The molecule has 0 spiro atoms. The maximum absolute atomic E-state index is 11.6. The van der Waals surface area contributed by atoms with Crippen molar-refractivity contribution in [2.75, 3.05) is 6.61 Å². The molecule has 0 saturated carbocycles. The van der Waals surface area contributed by atoms with Crippen LogP contribution in [0.2, 0.25) is 5.02 Å². The molecule has 1 saturated heterocycles. The van der Waals surface area contributed by atoms with E-state index in [-0.39, 0.29) is 11.4 Å². The van der Waals surface area contributed by atoms with E-state index in [0.717, 1.165) is 10.8 Å². The summed E-state index contributed by atoms with van der Waals surface area (Å²) in [5, 5.41) is 9.52. The molecule has 21 heavy (non-hydrogen) atoms. The van der Waals surface area contributed by atoms with Gasteiger partial charge in [-0.1, -0.05) is 11.6 Å². The zero-order valence-electron chi connectivity index (χ0n) is 10.4. The van der Waals surface area contributed by atoms with Crippen molar-refractivity contribution in [2.45, 2.75) is 24.9 Å². The summed E-state index contributed by atoms with van der Waals surface area (Å²) in [6, 6.07) is 0. The molecule has 1 fully saturated rings. The second-order valence-electron chi connectivity index (χ2n) is 4.36. The zero-order valence-corrected chi connectivity index (χ0v) is 12.0. The van der Waals surface area contributed by atoms with Crippen LogP contribution in [-0.4, -0.2) is 43.3 Å². The molecule has 0 amide bonds. The Morgan fingerprint density at radius 3 is 2.81 bits per heavy atom. The minimum atomic E-state index is -4.69. The quantitative estimate of drug-likeness (QED) is 0.506. The Morgan fingerprint density at radius 1 is 1.52 bits per heavy atom. The van der Waals surface area contributed by atoms with Gasteiger partial charge in [-0.2, -0.15) is 0 Å². The molecule has 0 radical (unpaired) electrons. The molecule has 2 heterocycles. The number of aromatic nitrogens is 2. The van der Waals surface area contributed by atoms with Crippen molar-refractivity contribution in [1.29, 1.82) is 0 Å². The number of aliphatic hydroxyl groups excluding tert-OH is 1. The monoisotopic (exact) mass is 342 g/mol. The van der Waals surface area contributed by atoms with Crippen LogP contribution < -0.4 is 11.2 Å². The number of nitrogens with zero attached hydrogens (tertiary/aromatic N) is 1. The van der Waals surface area contributed by atoms with Gasteiger partial charge in [0.1, 0.15) is 17.4 Å². The van der Waals surface area contributed by atoms with Crippen LogP contribution in [0, 0.1) is 0 Å². The SMILES string of the molecule is O=c1[nH]c(=O)n(C2CC(O)C(COP(=O)(O)O)O2)cc1Cl. The van der Waals surface area contributed by atoms with Crippen LogP contribution in [0.4, 0.5) is 0 Å². The highest BCUT2D eigenvalue weighted by atomic mass is 35.5. The van der Waals surface area contributed by atoms with Gasteiger partial charge in [0, 0.05) is 12.6 Å². The van der Waals surface area contributed by atoms with Gasteiger partial charge < -0.3 is 19.6 Å². The molecule has 0 aliphatic carbocycles. The van der Waals surface area contributed by atoms with Crippen molar-refractivity contribution in [3.63, 3.8) is 0 Å². The van der Waals surface area contributed by atoms with Gasteiger partial charge in [0.05, 0.1) is 12.7 Å². The zero-order chi connectivity index (χ0) is 15.8. The summed E-state index contributed by atoms with van der Waals surface area (Å²) >= 11 is 5.61. The van der Waals surface area contributed by atoms with E-state index >= 15 is 0 Å². The minimum Gasteiger partial charge on any atom is -0.390 e. The standard InChI is InChI=1S/C9H12ClN2O8P/c10-4-2-12(9(15)11-8(4)14)7-1-5(13)6(20-7)3-19-21(16,17)18/h2,5-7,13H,1,3H2,(H,11,14,15)(H2,16,17,18). The molecule has 4 N–H and O–H groups in total. The average Bonchev–Trinajstić information content (AvgIpc) is 2.72.